The monoisotopic (exact) mass is 252 g/mol. The molecule has 0 rings (SSSR count). The van der Waals surface area contributed by atoms with Crippen LogP contribution in [0.2, 0.25) is 0 Å². The molecule has 0 aliphatic heterocycles. The average molecular weight is 252 g/mol. The third kappa shape index (κ3) is 12.2. The lowest BCUT2D eigenvalue weighted by Crippen LogP contribution is -1.93. The highest BCUT2D eigenvalue weighted by molar-refractivity contribution is 4.77. The van der Waals surface area contributed by atoms with E-state index in [4.69, 9.17) is 0 Å². The minimum absolute atomic E-state index is 0.767. The smallest absolute Gasteiger partial charge is 0.0239 e. The molecule has 0 heterocycles. The Bertz CT molecular complexity index is 159. The van der Waals surface area contributed by atoms with E-state index in [9.17, 15) is 0 Å². The van der Waals surface area contributed by atoms with Crippen molar-refractivity contribution in [3.8, 4) is 0 Å². The number of hydrogen-bond acceptors (Lipinski definition) is 0. The quantitative estimate of drug-likeness (QED) is 0.233. The van der Waals surface area contributed by atoms with Crippen LogP contribution in [0.3, 0.4) is 0 Å². The molecule has 0 aromatic carbocycles. The lowest BCUT2D eigenvalue weighted by molar-refractivity contribution is 0.501. The van der Waals surface area contributed by atoms with Gasteiger partial charge in [-0.25, -0.2) is 0 Å². The molecule has 0 aliphatic rings. The summed E-state index contributed by atoms with van der Waals surface area (Å²) >= 11 is 0. The van der Waals surface area contributed by atoms with Crippen LogP contribution in [0, 0.1) is 5.92 Å². The van der Waals surface area contributed by atoms with Gasteiger partial charge in [0.2, 0.25) is 0 Å². The minimum Gasteiger partial charge on any atom is -0.103 e. The fourth-order valence-electron chi connectivity index (χ4n) is 2.56. The maximum absolute atomic E-state index is 3.90. The van der Waals surface area contributed by atoms with Crippen LogP contribution in [-0.4, -0.2) is 0 Å². The maximum atomic E-state index is 3.90. The summed E-state index contributed by atoms with van der Waals surface area (Å²) in [6.45, 7) is 8.46. The lowest BCUT2D eigenvalue weighted by Gasteiger charge is -2.08. The Kier molecular flexibility index (Phi) is 14.6. The molecule has 0 radical (unpaired) electrons. The maximum Gasteiger partial charge on any atom is -0.0239 e. The Morgan fingerprint density at radius 1 is 0.722 bits per heavy atom. The highest BCUT2D eigenvalue weighted by Crippen LogP contribution is 2.16. The molecular weight excluding hydrogens is 216 g/mol. The second-order valence-corrected chi connectivity index (χ2v) is 5.73. The standard InChI is InChI=1S/C18H36/c1-4-7-8-9-10-11-12-13-14-15-16-17-18(5-2)6-3/h5,18H,2,4,6-17H2,1,3H3. The predicted molar refractivity (Wildman–Crippen MR) is 85.1 cm³/mol. The molecule has 0 amide bonds. The molecule has 0 saturated heterocycles. The zero-order chi connectivity index (χ0) is 13.5. The van der Waals surface area contributed by atoms with E-state index >= 15 is 0 Å². The van der Waals surface area contributed by atoms with Gasteiger partial charge in [-0.1, -0.05) is 90.6 Å². The summed E-state index contributed by atoms with van der Waals surface area (Å²) in [4.78, 5) is 0. The summed E-state index contributed by atoms with van der Waals surface area (Å²) in [5.41, 5.74) is 0. The van der Waals surface area contributed by atoms with Crippen LogP contribution in [0.4, 0.5) is 0 Å². The van der Waals surface area contributed by atoms with Crippen molar-refractivity contribution in [2.75, 3.05) is 0 Å². The molecule has 0 aliphatic carbocycles. The minimum atomic E-state index is 0.767. The van der Waals surface area contributed by atoms with Crippen LogP contribution in [0.15, 0.2) is 12.7 Å². The van der Waals surface area contributed by atoms with E-state index in [1.807, 2.05) is 0 Å². The summed E-state index contributed by atoms with van der Waals surface area (Å²) in [6, 6.07) is 0. The lowest BCUT2D eigenvalue weighted by atomic mass is 9.98. The summed E-state index contributed by atoms with van der Waals surface area (Å²) in [5.74, 6) is 0.767. The van der Waals surface area contributed by atoms with Crippen molar-refractivity contribution in [3.05, 3.63) is 12.7 Å². The van der Waals surface area contributed by atoms with Gasteiger partial charge in [-0.15, -0.1) is 6.58 Å². The van der Waals surface area contributed by atoms with Crippen LogP contribution in [0.5, 0.6) is 0 Å². The first-order valence-corrected chi connectivity index (χ1v) is 8.47. The first-order chi connectivity index (χ1) is 8.85. The van der Waals surface area contributed by atoms with Crippen LogP contribution in [0.25, 0.3) is 0 Å². The molecular formula is C18H36. The van der Waals surface area contributed by atoms with Crippen molar-refractivity contribution >= 4 is 0 Å². The number of hydrogen-bond donors (Lipinski definition) is 0. The van der Waals surface area contributed by atoms with E-state index < -0.39 is 0 Å². The molecule has 18 heavy (non-hydrogen) atoms. The second kappa shape index (κ2) is 14.8. The molecule has 0 fully saturated rings. The molecule has 0 bridgehead atoms. The van der Waals surface area contributed by atoms with E-state index in [-0.39, 0.29) is 0 Å². The van der Waals surface area contributed by atoms with Crippen LogP contribution in [0.1, 0.15) is 97.3 Å². The van der Waals surface area contributed by atoms with Crippen LogP contribution >= 0.6 is 0 Å². The first kappa shape index (κ1) is 17.7. The van der Waals surface area contributed by atoms with E-state index in [0.717, 1.165) is 5.92 Å². The second-order valence-electron chi connectivity index (χ2n) is 5.73. The molecule has 1 atom stereocenters. The van der Waals surface area contributed by atoms with Gasteiger partial charge >= 0.3 is 0 Å². The molecule has 0 nitrogen and oxygen atoms in total. The summed E-state index contributed by atoms with van der Waals surface area (Å²) in [6.07, 6.45) is 20.6. The Morgan fingerprint density at radius 2 is 1.17 bits per heavy atom. The Labute approximate surface area is 116 Å². The van der Waals surface area contributed by atoms with Gasteiger partial charge < -0.3 is 0 Å². The topological polar surface area (TPSA) is 0 Å². The molecule has 0 spiro atoms. The van der Waals surface area contributed by atoms with E-state index in [0.29, 0.717) is 0 Å². The Hall–Kier alpha value is -0.260. The van der Waals surface area contributed by atoms with Gasteiger partial charge in [0.15, 0.2) is 0 Å². The van der Waals surface area contributed by atoms with Gasteiger partial charge in [-0.05, 0) is 18.8 Å². The molecule has 108 valence electrons. The molecule has 0 saturated carbocycles. The van der Waals surface area contributed by atoms with Gasteiger partial charge in [0.05, 0.1) is 0 Å². The molecule has 0 N–H and O–H groups in total. The van der Waals surface area contributed by atoms with E-state index in [2.05, 4.69) is 26.5 Å². The fraction of sp³-hybridized carbons (Fsp3) is 0.889. The molecule has 0 aromatic heterocycles. The van der Waals surface area contributed by atoms with Gasteiger partial charge in [-0.2, -0.15) is 0 Å². The molecule has 0 heteroatoms. The van der Waals surface area contributed by atoms with Crippen LogP contribution in [-0.2, 0) is 0 Å². The highest BCUT2D eigenvalue weighted by atomic mass is 14.1. The summed E-state index contributed by atoms with van der Waals surface area (Å²) < 4.78 is 0. The van der Waals surface area contributed by atoms with E-state index in [1.54, 1.807) is 0 Å². The largest absolute Gasteiger partial charge is 0.103 e. The predicted octanol–water partition coefficient (Wildman–Crippen LogP) is 6.90. The number of rotatable bonds is 14. The molecule has 0 aromatic rings. The fourth-order valence-corrected chi connectivity index (χ4v) is 2.56. The van der Waals surface area contributed by atoms with Crippen LogP contribution < -0.4 is 0 Å². The van der Waals surface area contributed by atoms with Crippen molar-refractivity contribution in [1.29, 1.82) is 0 Å². The first-order valence-electron chi connectivity index (χ1n) is 8.47. The highest BCUT2D eigenvalue weighted by Gasteiger charge is 2.00. The van der Waals surface area contributed by atoms with Crippen molar-refractivity contribution in [1.82, 2.24) is 0 Å². The third-order valence-corrected chi connectivity index (χ3v) is 4.04. The molecule has 1 unspecified atom stereocenters. The summed E-state index contributed by atoms with van der Waals surface area (Å²) in [5, 5.41) is 0. The van der Waals surface area contributed by atoms with Gasteiger partial charge in [0.1, 0.15) is 0 Å². The van der Waals surface area contributed by atoms with Crippen molar-refractivity contribution in [3.63, 3.8) is 0 Å². The zero-order valence-electron chi connectivity index (χ0n) is 13.1. The third-order valence-electron chi connectivity index (χ3n) is 4.04. The summed E-state index contributed by atoms with van der Waals surface area (Å²) in [7, 11) is 0. The average Bonchev–Trinajstić information content (AvgIpc) is 2.40. The SMILES string of the molecule is C=CC(CC)CCCCCCCCCCCCC. The van der Waals surface area contributed by atoms with Crippen molar-refractivity contribution < 1.29 is 0 Å². The van der Waals surface area contributed by atoms with Crippen molar-refractivity contribution in [2.45, 2.75) is 97.3 Å². The normalized spacial score (nSPS) is 12.6. The van der Waals surface area contributed by atoms with Gasteiger partial charge in [0, 0.05) is 0 Å². The van der Waals surface area contributed by atoms with Gasteiger partial charge in [0.25, 0.3) is 0 Å². The number of allylic oxidation sites excluding steroid dienone is 1. The van der Waals surface area contributed by atoms with Crippen molar-refractivity contribution in [2.24, 2.45) is 5.92 Å². The zero-order valence-corrected chi connectivity index (χ0v) is 13.1. The Morgan fingerprint density at radius 3 is 1.56 bits per heavy atom. The number of unbranched alkanes of at least 4 members (excludes halogenated alkanes) is 10. The Balaban J connectivity index is 3.05. The van der Waals surface area contributed by atoms with Gasteiger partial charge in [-0.3, -0.25) is 0 Å². The van der Waals surface area contributed by atoms with E-state index in [1.165, 1.54) is 83.5 Å².